The monoisotopic (exact) mass is 264 g/mol. The molecule has 0 fully saturated rings. The molecule has 2 atom stereocenters. The van der Waals surface area contributed by atoms with Crippen molar-refractivity contribution in [2.45, 2.75) is 38.8 Å². The fraction of sp³-hybridized carbons (Fsp3) is 0.625. The summed E-state index contributed by atoms with van der Waals surface area (Å²) in [5, 5.41) is 13.2. The number of aliphatic hydroxyl groups excluding tert-OH is 1. The smallest absolute Gasteiger partial charge is 0.0791 e. The van der Waals surface area contributed by atoms with Gasteiger partial charge in [0, 0.05) is 19.1 Å². The lowest BCUT2D eigenvalue weighted by molar-refractivity contribution is 0.131. The first-order chi connectivity index (χ1) is 8.97. The van der Waals surface area contributed by atoms with Gasteiger partial charge in [0.1, 0.15) is 0 Å². The van der Waals surface area contributed by atoms with Gasteiger partial charge in [-0.2, -0.15) is 0 Å². The first kappa shape index (κ1) is 16.2. The Morgan fingerprint density at radius 2 is 2.05 bits per heavy atom. The topological polar surface area (TPSA) is 35.5 Å². The van der Waals surface area contributed by atoms with Gasteiger partial charge in [0.2, 0.25) is 0 Å². The number of likely N-dealkylation sites (N-methyl/N-ethyl adjacent to an activating group) is 1. The molecule has 0 aromatic heterocycles. The standard InChI is InChI=1S/C16H28N2O/c1-13-6-5-7-15(10-13)9-8-14(2)17-11-16(19)12-18(3)4/h5-7,10,14,16-17,19H,8-9,11-12H2,1-4H3. The van der Waals surface area contributed by atoms with Gasteiger partial charge < -0.3 is 15.3 Å². The first-order valence-corrected chi connectivity index (χ1v) is 7.09. The number of hydrogen-bond donors (Lipinski definition) is 2. The third-order valence-electron chi connectivity index (χ3n) is 3.23. The zero-order chi connectivity index (χ0) is 14.3. The lowest BCUT2D eigenvalue weighted by Crippen LogP contribution is -2.38. The van der Waals surface area contributed by atoms with Crippen LogP contribution in [0.2, 0.25) is 0 Å². The number of rotatable bonds is 8. The lowest BCUT2D eigenvalue weighted by Gasteiger charge is -2.19. The van der Waals surface area contributed by atoms with E-state index < -0.39 is 0 Å². The maximum absolute atomic E-state index is 9.79. The second kappa shape index (κ2) is 8.31. The van der Waals surface area contributed by atoms with Crippen LogP contribution >= 0.6 is 0 Å². The van der Waals surface area contributed by atoms with Gasteiger partial charge in [-0.25, -0.2) is 0 Å². The number of aliphatic hydroxyl groups is 1. The van der Waals surface area contributed by atoms with Crippen LogP contribution in [0.3, 0.4) is 0 Å². The molecule has 3 heteroatoms. The van der Waals surface area contributed by atoms with E-state index in [1.807, 2.05) is 19.0 Å². The Hall–Kier alpha value is -0.900. The van der Waals surface area contributed by atoms with Crippen LogP contribution in [0.4, 0.5) is 0 Å². The van der Waals surface area contributed by atoms with E-state index >= 15 is 0 Å². The Morgan fingerprint density at radius 1 is 1.32 bits per heavy atom. The van der Waals surface area contributed by atoms with E-state index in [0.717, 1.165) is 12.8 Å². The molecule has 0 bridgehead atoms. The molecular formula is C16H28N2O. The normalized spacial score (nSPS) is 14.6. The van der Waals surface area contributed by atoms with Gasteiger partial charge in [0.25, 0.3) is 0 Å². The molecule has 0 radical (unpaired) electrons. The minimum atomic E-state index is -0.295. The zero-order valence-corrected chi connectivity index (χ0v) is 12.7. The quantitative estimate of drug-likeness (QED) is 0.752. The molecule has 1 aromatic rings. The number of benzene rings is 1. The minimum Gasteiger partial charge on any atom is -0.390 e. The molecule has 0 aliphatic carbocycles. The Bertz CT molecular complexity index is 366. The summed E-state index contributed by atoms with van der Waals surface area (Å²) < 4.78 is 0. The van der Waals surface area contributed by atoms with Crippen LogP contribution in [0, 0.1) is 6.92 Å². The number of nitrogens with one attached hydrogen (secondary N) is 1. The largest absolute Gasteiger partial charge is 0.390 e. The van der Waals surface area contributed by atoms with Crippen molar-refractivity contribution in [1.82, 2.24) is 10.2 Å². The Morgan fingerprint density at radius 3 is 2.68 bits per heavy atom. The molecule has 0 heterocycles. The molecule has 0 amide bonds. The Labute approximate surface area is 117 Å². The van der Waals surface area contributed by atoms with Crippen molar-refractivity contribution in [2.24, 2.45) is 0 Å². The van der Waals surface area contributed by atoms with E-state index in [-0.39, 0.29) is 6.10 Å². The average Bonchev–Trinajstić information content (AvgIpc) is 2.33. The number of hydrogen-bond acceptors (Lipinski definition) is 3. The summed E-state index contributed by atoms with van der Waals surface area (Å²) in [4.78, 5) is 2.00. The van der Waals surface area contributed by atoms with Crippen molar-refractivity contribution in [3.8, 4) is 0 Å². The summed E-state index contributed by atoms with van der Waals surface area (Å²) >= 11 is 0. The van der Waals surface area contributed by atoms with Crippen molar-refractivity contribution < 1.29 is 5.11 Å². The molecule has 2 unspecified atom stereocenters. The van der Waals surface area contributed by atoms with Crippen LogP contribution in [-0.4, -0.2) is 49.3 Å². The van der Waals surface area contributed by atoms with Crippen LogP contribution < -0.4 is 5.32 Å². The second-order valence-electron chi connectivity index (χ2n) is 5.75. The van der Waals surface area contributed by atoms with Crippen LogP contribution in [-0.2, 0) is 6.42 Å². The molecule has 1 rings (SSSR count). The molecule has 1 aromatic carbocycles. The predicted octanol–water partition coefficient (Wildman–Crippen LogP) is 1.83. The fourth-order valence-electron chi connectivity index (χ4n) is 2.18. The molecular weight excluding hydrogens is 236 g/mol. The highest BCUT2D eigenvalue weighted by Gasteiger charge is 2.08. The average molecular weight is 264 g/mol. The van der Waals surface area contributed by atoms with Crippen LogP contribution in [0.25, 0.3) is 0 Å². The predicted molar refractivity (Wildman–Crippen MR) is 81.5 cm³/mol. The molecule has 0 spiro atoms. The van der Waals surface area contributed by atoms with E-state index in [2.05, 4.69) is 43.4 Å². The molecule has 0 aliphatic heterocycles. The summed E-state index contributed by atoms with van der Waals surface area (Å²) in [6, 6.07) is 9.10. The summed E-state index contributed by atoms with van der Waals surface area (Å²) in [5.41, 5.74) is 2.71. The lowest BCUT2D eigenvalue weighted by atomic mass is 10.0. The SMILES string of the molecule is Cc1cccc(CCC(C)NCC(O)CN(C)C)c1. The number of aryl methyl sites for hydroxylation is 2. The summed E-state index contributed by atoms with van der Waals surface area (Å²) in [6.45, 7) is 5.67. The highest BCUT2D eigenvalue weighted by atomic mass is 16.3. The molecule has 19 heavy (non-hydrogen) atoms. The fourth-order valence-corrected chi connectivity index (χ4v) is 2.18. The van der Waals surface area contributed by atoms with E-state index in [4.69, 9.17) is 0 Å². The minimum absolute atomic E-state index is 0.295. The van der Waals surface area contributed by atoms with E-state index in [1.165, 1.54) is 11.1 Å². The first-order valence-electron chi connectivity index (χ1n) is 7.09. The van der Waals surface area contributed by atoms with Gasteiger partial charge in [0.15, 0.2) is 0 Å². The van der Waals surface area contributed by atoms with Crippen LogP contribution in [0.5, 0.6) is 0 Å². The maximum Gasteiger partial charge on any atom is 0.0791 e. The Balaban J connectivity index is 2.22. The molecule has 3 nitrogen and oxygen atoms in total. The maximum atomic E-state index is 9.79. The van der Waals surface area contributed by atoms with Crippen molar-refractivity contribution in [2.75, 3.05) is 27.2 Å². The van der Waals surface area contributed by atoms with Gasteiger partial charge >= 0.3 is 0 Å². The van der Waals surface area contributed by atoms with E-state index in [9.17, 15) is 5.11 Å². The molecule has 0 aliphatic rings. The van der Waals surface area contributed by atoms with Crippen molar-refractivity contribution >= 4 is 0 Å². The van der Waals surface area contributed by atoms with E-state index in [1.54, 1.807) is 0 Å². The number of nitrogens with zero attached hydrogens (tertiary/aromatic N) is 1. The summed E-state index contributed by atoms with van der Waals surface area (Å²) in [7, 11) is 3.95. The highest BCUT2D eigenvalue weighted by molar-refractivity contribution is 5.22. The Kier molecular flexibility index (Phi) is 7.06. The van der Waals surface area contributed by atoms with E-state index in [0.29, 0.717) is 19.1 Å². The molecule has 0 saturated heterocycles. The van der Waals surface area contributed by atoms with Gasteiger partial charge in [-0.1, -0.05) is 29.8 Å². The second-order valence-corrected chi connectivity index (χ2v) is 5.75. The van der Waals surface area contributed by atoms with Crippen molar-refractivity contribution in [1.29, 1.82) is 0 Å². The third-order valence-corrected chi connectivity index (χ3v) is 3.23. The van der Waals surface area contributed by atoms with Crippen LogP contribution in [0.15, 0.2) is 24.3 Å². The van der Waals surface area contributed by atoms with Crippen molar-refractivity contribution in [3.05, 3.63) is 35.4 Å². The highest BCUT2D eigenvalue weighted by Crippen LogP contribution is 2.08. The van der Waals surface area contributed by atoms with Gasteiger partial charge in [-0.15, -0.1) is 0 Å². The third kappa shape index (κ3) is 7.31. The summed E-state index contributed by atoms with van der Waals surface area (Å²) in [6.07, 6.45) is 1.88. The van der Waals surface area contributed by atoms with Crippen molar-refractivity contribution in [3.63, 3.8) is 0 Å². The van der Waals surface area contributed by atoms with Gasteiger partial charge in [-0.05, 0) is 46.3 Å². The van der Waals surface area contributed by atoms with Gasteiger partial charge in [0.05, 0.1) is 6.10 Å². The van der Waals surface area contributed by atoms with Crippen LogP contribution in [0.1, 0.15) is 24.5 Å². The molecule has 2 N–H and O–H groups in total. The van der Waals surface area contributed by atoms with Gasteiger partial charge in [-0.3, -0.25) is 0 Å². The molecule has 108 valence electrons. The summed E-state index contributed by atoms with van der Waals surface area (Å²) in [5.74, 6) is 0. The molecule has 0 saturated carbocycles. The zero-order valence-electron chi connectivity index (χ0n) is 12.7.